The second kappa shape index (κ2) is 10.2. The average Bonchev–Trinajstić information content (AvgIpc) is 2.45. The Bertz CT molecular complexity index is 428. The van der Waals surface area contributed by atoms with Crippen LogP contribution in [0, 0.1) is 5.41 Å². The molecule has 0 rings (SSSR count). The summed E-state index contributed by atoms with van der Waals surface area (Å²) >= 11 is 0. The largest absolute Gasteiger partial charge is 0.444 e. The zero-order valence-electron chi connectivity index (χ0n) is 15.9. The Labute approximate surface area is 145 Å². The molecule has 3 N–H and O–H groups in total. The van der Waals surface area contributed by atoms with E-state index in [9.17, 15) is 14.4 Å². The number of carbonyl (C=O) groups is 3. The number of alkyl carbamates (subject to hydrolysis) is 1. The first-order valence-corrected chi connectivity index (χ1v) is 8.45. The molecule has 0 atom stereocenters. The predicted molar refractivity (Wildman–Crippen MR) is 93.6 cm³/mol. The van der Waals surface area contributed by atoms with E-state index in [-0.39, 0.29) is 24.4 Å². The Balaban J connectivity index is 3.96. The third kappa shape index (κ3) is 12.7. The number of ether oxygens (including phenoxy) is 1. The number of amides is 3. The van der Waals surface area contributed by atoms with Crippen LogP contribution in [0.1, 0.15) is 60.8 Å². The van der Waals surface area contributed by atoms with E-state index >= 15 is 0 Å². The molecule has 0 aromatic carbocycles. The molecular weight excluding hydrogens is 310 g/mol. The fourth-order valence-corrected chi connectivity index (χ4v) is 1.76. The Kier molecular flexibility index (Phi) is 9.40. The van der Waals surface area contributed by atoms with Crippen LogP contribution in [0.4, 0.5) is 4.79 Å². The Morgan fingerprint density at radius 2 is 1.42 bits per heavy atom. The van der Waals surface area contributed by atoms with Crippen LogP contribution in [0.5, 0.6) is 0 Å². The minimum Gasteiger partial charge on any atom is -0.444 e. The van der Waals surface area contributed by atoms with Crippen molar-refractivity contribution in [2.45, 2.75) is 66.4 Å². The van der Waals surface area contributed by atoms with Crippen LogP contribution in [0.15, 0.2) is 0 Å². The summed E-state index contributed by atoms with van der Waals surface area (Å²) in [6, 6.07) is 0. The highest BCUT2D eigenvalue weighted by Gasteiger charge is 2.22. The van der Waals surface area contributed by atoms with E-state index in [0.29, 0.717) is 6.54 Å². The molecule has 3 amide bonds. The van der Waals surface area contributed by atoms with Crippen molar-refractivity contribution in [2.75, 3.05) is 19.6 Å². The van der Waals surface area contributed by atoms with Crippen LogP contribution in [-0.2, 0) is 14.3 Å². The molecule has 0 aliphatic rings. The Morgan fingerprint density at radius 1 is 0.875 bits per heavy atom. The highest BCUT2D eigenvalue weighted by molar-refractivity contribution is 5.87. The van der Waals surface area contributed by atoms with E-state index in [4.69, 9.17) is 4.74 Å². The molecule has 7 heteroatoms. The van der Waals surface area contributed by atoms with Gasteiger partial charge in [0.25, 0.3) is 0 Å². The van der Waals surface area contributed by atoms with Crippen molar-refractivity contribution < 1.29 is 19.1 Å². The fourth-order valence-electron chi connectivity index (χ4n) is 1.76. The summed E-state index contributed by atoms with van der Waals surface area (Å²) < 4.78 is 5.28. The second-order valence-electron chi connectivity index (χ2n) is 7.72. The predicted octanol–water partition coefficient (Wildman–Crippen LogP) is 1.96. The number of nitrogens with one attached hydrogen (secondary N) is 3. The van der Waals surface area contributed by atoms with Crippen molar-refractivity contribution in [1.82, 2.24) is 16.0 Å². The average molecular weight is 343 g/mol. The first kappa shape index (κ1) is 22.2. The molecule has 0 heterocycles. The van der Waals surface area contributed by atoms with Gasteiger partial charge in [-0.05, 0) is 32.1 Å². The molecule has 0 aliphatic heterocycles. The molecule has 0 unspecified atom stereocenters. The lowest BCUT2D eigenvalue weighted by molar-refractivity contribution is -0.125. The lowest BCUT2D eigenvalue weighted by Gasteiger charge is -2.24. The molecule has 0 saturated heterocycles. The van der Waals surface area contributed by atoms with Crippen LogP contribution in [-0.4, -0.2) is 43.1 Å². The normalized spacial score (nSPS) is 11.6. The molecule has 0 aliphatic carbocycles. The maximum Gasteiger partial charge on any atom is 0.408 e. The van der Waals surface area contributed by atoms with E-state index in [1.54, 1.807) is 0 Å². The SMILES string of the molecule is CCCCC(C)(C)OC(=O)NCC(=O)NCC(=O)NCC(C)(C)C. The number of hydrogen-bond acceptors (Lipinski definition) is 4. The van der Waals surface area contributed by atoms with E-state index in [1.165, 1.54) is 0 Å². The van der Waals surface area contributed by atoms with Crippen LogP contribution in [0.25, 0.3) is 0 Å². The molecule has 0 spiro atoms. The van der Waals surface area contributed by atoms with Gasteiger partial charge in [-0.15, -0.1) is 0 Å². The number of hydrogen-bond donors (Lipinski definition) is 3. The summed E-state index contributed by atoms with van der Waals surface area (Å²) in [5.41, 5.74) is -0.584. The van der Waals surface area contributed by atoms with Gasteiger partial charge in [-0.1, -0.05) is 34.1 Å². The highest BCUT2D eigenvalue weighted by atomic mass is 16.6. The van der Waals surface area contributed by atoms with E-state index < -0.39 is 17.6 Å². The first-order valence-electron chi connectivity index (χ1n) is 8.45. The van der Waals surface area contributed by atoms with Crippen LogP contribution < -0.4 is 16.0 Å². The van der Waals surface area contributed by atoms with Gasteiger partial charge in [-0.2, -0.15) is 0 Å². The summed E-state index contributed by atoms with van der Waals surface area (Å²) in [6.07, 6.45) is 2.11. The summed E-state index contributed by atoms with van der Waals surface area (Å²) in [5, 5.41) is 7.57. The molecule has 140 valence electrons. The van der Waals surface area contributed by atoms with Gasteiger partial charge in [0.05, 0.1) is 6.54 Å². The van der Waals surface area contributed by atoms with E-state index in [1.807, 2.05) is 34.6 Å². The van der Waals surface area contributed by atoms with Crippen LogP contribution in [0.3, 0.4) is 0 Å². The third-order valence-electron chi connectivity index (χ3n) is 3.16. The smallest absolute Gasteiger partial charge is 0.408 e. The Morgan fingerprint density at radius 3 is 1.96 bits per heavy atom. The van der Waals surface area contributed by atoms with Gasteiger partial charge in [0.1, 0.15) is 12.1 Å². The molecule has 0 aromatic rings. The number of unbranched alkanes of at least 4 members (excludes halogenated alkanes) is 1. The topological polar surface area (TPSA) is 96.5 Å². The summed E-state index contributed by atoms with van der Waals surface area (Å²) in [5.74, 6) is -0.703. The summed E-state index contributed by atoms with van der Waals surface area (Å²) in [7, 11) is 0. The molecule has 0 aromatic heterocycles. The van der Waals surface area contributed by atoms with Crippen molar-refractivity contribution in [2.24, 2.45) is 5.41 Å². The second-order valence-corrected chi connectivity index (χ2v) is 7.72. The third-order valence-corrected chi connectivity index (χ3v) is 3.16. The zero-order chi connectivity index (χ0) is 18.8. The van der Waals surface area contributed by atoms with Gasteiger partial charge in [-0.25, -0.2) is 4.79 Å². The first-order chi connectivity index (χ1) is 10.9. The molecule has 0 fully saturated rings. The van der Waals surface area contributed by atoms with Crippen molar-refractivity contribution in [3.63, 3.8) is 0 Å². The molecule has 0 bridgehead atoms. The standard InChI is InChI=1S/C17H33N3O4/c1-7-8-9-17(5,6)24-15(23)19-11-13(21)18-10-14(22)20-12-16(2,3)4/h7-12H2,1-6H3,(H,18,21)(H,19,23)(H,20,22). The molecule has 7 nitrogen and oxygen atoms in total. The van der Waals surface area contributed by atoms with Gasteiger partial charge in [0.15, 0.2) is 0 Å². The van der Waals surface area contributed by atoms with Gasteiger partial charge < -0.3 is 20.7 Å². The fraction of sp³-hybridized carbons (Fsp3) is 0.824. The highest BCUT2D eigenvalue weighted by Crippen LogP contribution is 2.17. The molecule has 0 saturated carbocycles. The molecule has 24 heavy (non-hydrogen) atoms. The summed E-state index contributed by atoms with van der Waals surface area (Å²) in [6.45, 7) is 11.9. The lowest BCUT2D eigenvalue weighted by Crippen LogP contribution is -2.44. The summed E-state index contributed by atoms with van der Waals surface area (Å²) in [4.78, 5) is 34.9. The van der Waals surface area contributed by atoms with Gasteiger partial charge in [0.2, 0.25) is 11.8 Å². The van der Waals surface area contributed by atoms with Crippen molar-refractivity contribution >= 4 is 17.9 Å². The van der Waals surface area contributed by atoms with Crippen molar-refractivity contribution in [3.8, 4) is 0 Å². The van der Waals surface area contributed by atoms with E-state index in [0.717, 1.165) is 19.3 Å². The Hall–Kier alpha value is -1.79. The monoisotopic (exact) mass is 343 g/mol. The maximum atomic E-state index is 11.7. The minimum atomic E-state index is -0.636. The van der Waals surface area contributed by atoms with Gasteiger partial charge in [-0.3, -0.25) is 9.59 Å². The van der Waals surface area contributed by atoms with E-state index in [2.05, 4.69) is 22.9 Å². The van der Waals surface area contributed by atoms with Gasteiger partial charge in [0, 0.05) is 6.54 Å². The van der Waals surface area contributed by atoms with Gasteiger partial charge >= 0.3 is 6.09 Å². The number of rotatable bonds is 9. The number of carbonyl (C=O) groups excluding carboxylic acids is 3. The van der Waals surface area contributed by atoms with Crippen molar-refractivity contribution in [3.05, 3.63) is 0 Å². The van der Waals surface area contributed by atoms with Crippen LogP contribution in [0.2, 0.25) is 0 Å². The quantitative estimate of drug-likeness (QED) is 0.596. The molecule has 0 radical (unpaired) electrons. The van der Waals surface area contributed by atoms with Crippen molar-refractivity contribution in [1.29, 1.82) is 0 Å². The molecular formula is C17H33N3O4. The lowest BCUT2D eigenvalue weighted by atomic mass is 9.97. The van der Waals surface area contributed by atoms with Crippen LogP contribution >= 0.6 is 0 Å². The minimum absolute atomic E-state index is 0.0183. The maximum absolute atomic E-state index is 11.7. The zero-order valence-corrected chi connectivity index (χ0v) is 15.9.